The third kappa shape index (κ3) is 2.37. The number of hydroxylamine groups is 1. The molecule has 1 fully saturated rings. The van der Waals surface area contributed by atoms with Crippen LogP contribution in [0.1, 0.15) is 0 Å². The van der Waals surface area contributed by atoms with Crippen LogP contribution < -0.4 is 15.3 Å². The third-order valence-corrected chi connectivity index (χ3v) is 2.54. The molecule has 1 aliphatic rings. The Morgan fingerprint density at radius 2 is 2.13 bits per heavy atom. The first-order valence-electron chi connectivity index (χ1n) is 5.10. The van der Waals surface area contributed by atoms with Crippen LogP contribution in [0.25, 0.3) is 0 Å². The number of aromatic nitrogens is 1. The van der Waals surface area contributed by atoms with Crippen LogP contribution in [0.5, 0.6) is 0 Å². The summed E-state index contributed by atoms with van der Waals surface area (Å²) in [6.45, 7) is 3.93. The van der Waals surface area contributed by atoms with Crippen LogP contribution >= 0.6 is 0 Å². The normalized spacial score (nSPS) is 16.5. The van der Waals surface area contributed by atoms with Crippen molar-refractivity contribution in [2.24, 2.45) is 0 Å². The highest BCUT2D eigenvalue weighted by atomic mass is 16.5. The summed E-state index contributed by atoms with van der Waals surface area (Å²) in [4.78, 5) is 6.49. The number of nitrogens with one attached hydrogen (secondary N) is 1. The minimum atomic E-state index is 0.592. The number of pyridine rings is 1. The van der Waals surface area contributed by atoms with Crippen LogP contribution in [0, 0.1) is 5.21 Å². The third-order valence-electron chi connectivity index (χ3n) is 2.54. The Balaban J connectivity index is 2.08. The molecule has 15 heavy (non-hydrogen) atoms. The quantitative estimate of drug-likeness (QED) is 0.712. The maximum absolute atomic E-state index is 11.0. The summed E-state index contributed by atoms with van der Waals surface area (Å²) < 4.78 is 0. The number of piperazine rings is 1. The smallest absolute Gasteiger partial charge is 0.128 e. The molecule has 0 unspecified atom stereocenters. The predicted octanol–water partition coefficient (Wildman–Crippen LogP) is 0.425. The first-order valence-corrected chi connectivity index (χ1v) is 5.10. The lowest BCUT2D eigenvalue weighted by molar-refractivity contribution is 0.585. The molecule has 5 nitrogen and oxygen atoms in total. The van der Waals surface area contributed by atoms with Gasteiger partial charge in [-0.05, 0) is 19.2 Å². The van der Waals surface area contributed by atoms with Gasteiger partial charge >= 0.3 is 0 Å². The van der Waals surface area contributed by atoms with Crippen LogP contribution in [0.15, 0.2) is 18.3 Å². The molecule has 0 saturated carbocycles. The van der Waals surface area contributed by atoms with Gasteiger partial charge in [0.1, 0.15) is 5.82 Å². The lowest BCUT2D eigenvalue weighted by Crippen LogP contribution is -2.43. The summed E-state index contributed by atoms with van der Waals surface area (Å²) in [6, 6.07) is 3.70. The molecule has 1 aliphatic heterocycles. The van der Waals surface area contributed by atoms with Crippen molar-refractivity contribution in [1.29, 1.82) is 0 Å². The van der Waals surface area contributed by atoms with Gasteiger partial charge in [0.2, 0.25) is 0 Å². The zero-order valence-electron chi connectivity index (χ0n) is 8.81. The van der Waals surface area contributed by atoms with E-state index in [0.717, 1.165) is 37.1 Å². The Labute approximate surface area is 89.3 Å². The lowest BCUT2D eigenvalue weighted by atomic mass is 10.3. The molecule has 1 aromatic rings. The monoisotopic (exact) mass is 207 g/mol. The molecular weight excluding hydrogens is 192 g/mol. The fraction of sp³-hybridized carbons (Fsp3) is 0.500. The van der Waals surface area contributed by atoms with Crippen LogP contribution in [-0.4, -0.2) is 38.2 Å². The average molecular weight is 207 g/mol. The Bertz CT molecular complexity index is 306. The molecule has 2 rings (SSSR count). The summed E-state index contributed by atoms with van der Waals surface area (Å²) in [5, 5.41) is 15.1. The Kier molecular flexibility index (Phi) is 3.03. The molecule has 0 aliphatic carbocycles. The number of hydrogen-bond acceptors (Lipinski definition) is 5. The SMILES string of the molecule is CN([O-])c1ccc(N2CCNCC2)nc1. The molecule has 0 amide bonds. The van der Waals surface area contributed by atoms with Gasteiger partial charge in [-0.1, -0.05) is 0 Å². The minimum Gasteiger partial charge on any atom is -0.758 e. The van der Waals surface area contributed by atoms with Crippen molar-refractivity contribution >= 4 is 11.5 Å². The molecule has 1 N–H and O–H groups in total. The molecule has 0 radical (unpaired) electrons. The van der Waals surface area contributed by atoms with E-state index in [0.29, 0.717) is 5.69 Å². The van der Waals surface area contributed by atoms with Gasteiger partial charge in [-0.3, -0.25) is 0 Å². The predicted molar refractivity (Wildman–Crippen MR) is 61.1 cm³/mol. The molecular formula is C10H15N4O-. The standard InChI is InChI=1S/C10H15N4O/c1-13(15)9-2-3-10(12-8-9)14-6-4-11-5-7-14/h2-3,8,11H,4-7H2,1H3/q-1. The molecule has 0 spiro atoms. The molecule has 0 aromatic carbocycles. The van der Waals surface area contributed by atoms with E-state index in [1.165, 1.54) is 7.05 Å². The molecule has 0 bridgehead atoms. The maximum Gasteiger partial charge on any atom is 0.128 e. The van der Waals surface area contributed by atoms with E-state index in [1.807, 2.05) is 6.07 Å². The molecule has 1 aromatic heterocycles. The van der Waals surface area contributed by atoms with Gasteiger partial charge in [0.15, 0.2) is 0 Å². The second-order valence-electron chi connectivity index (χ2n) is 3.61. The van der Waals surface area contributed by atoms with Gasteiger partial charge in [-0.25, -0.2) is 4.98 Å². The van der Waals surface area contributed by atoms with E-state index in [9.17, 15) is 5.21 Å². The van der Waals surface area contributed by atoms with Crippen molar-refractivity contribution in [3.8, 4) is 0 Å². The molecule has 1 saturated heterocycles. The highest BCUT2D eigenvalue weighted by Gasteiger charge is 2.10. The van der Waals surface area contributed by atoms with E-state index >= 15 is 0 Å². The average Bonchev–Trinajstić information content (AvgIpc) is 2.30. The van der Waals surface area contributed by atoms with Crippen molar-refractivity contribution in [2.45, 2.75) is 0 Å². The second-order valence-corrected chi connectivity index (χ2v) is 3.61. The van der Waals surface area contributed by atoms with Crippen LogP contribution in [0.4, 0.5) is 11.5 Å². The topological polar surface area (TPSA) is 54.5 Å². The highest BCUT2D eigenvalue weighted by molar-refractivity contribution is 5.50. The van der Waals surface area contributed by atoms with Gasteiger partial charge in [0, 0.05) is 31.9 Å². The first kappa shape index (κ1) is 10.2. The van der Waals surface area contributed by atoms with Crippen molar-refractivity contribution in [3.63, 3.8) is 0 Å². The zero-order valence-corrected chi connectivity index (χ0v) is 8.81. The Hall–Kier alpha value is -1.33. The van der Waals surface area contributed by atoms with E-state index in [4.69, 9.17) is 0 Å². The van der Waals surface area contributed by atoms with Gasteiger partial charge in [0.05, 0.1) is 6.20 Å². The second kappa shape index (κ2) is 4.46. The van der Waals surface area contributed by atoms with E-state index in [2.05, 4.69) is 15.2 Å². The van der Waals surface area contributed by atoms with Crippen molar-refractivity contribution in [3.05, 3.63) is 23.5 Å². The fourth-order valence-electron chi connectivity index (χ4n) is 1.65. The molecule has 82 valence electrons. The Morgan fingerprint density at radius 1 is 1.40 bits per heavy atom. The fourth-order valence-corrected chi connectivity index (χ4v) is 1.65. The van der Waals surface area contributed by atoms with Crippen LogP contribution in [-0.2, 0) is 0 Å². The first-order chi connectivity index (χ1) is 7.27. The van der Waals surface area contributed by atoms with E-state index in [1.54, 1.807) is 12.3 Å². The maximum atomic E-state index is 11.0. The van der Waals surface area contributed by atoms with Gasteiger partial charge in [-0.2, -0.15) is 0 Å². The molecule has 0 atom stereocenters. The summed E-state index contributed by atoms with van der Waals surface area (Å²) in [6.07, 6.45) is 1.62. The summed E-state index contributed by atoms with van der Waals surface area (Å²) in [5.74, 6) is 0.946. The molecule has 5 heteroatoms. The summed E-state index contributed by atoms with van der Waals surface area (Å²) >= 11 is 0. The number of nitrogens with zero attached hydrogens (tertiary/aromatic N) is 3. The van der Waals surface area contributed by atoms with Gasteiger partial charge < -0.3 is 20.5 Å². The van der Waals surface area contributed by atoms with Crippen molar-refractivity contribution in [1.82, 2.24) is 10.3 Å². The van der Waals surface area contributed by atoms with E-state index in [-0.39, 0.29) is 0 Å². The summed E-state index contributed by atoms with van der Waals surface area (Å²) in [5.41, 5.74) is 0.592. The van der Waals surface area contributed by atoms with E-state index < -0.39 is 0 Å². The lowest BCUT2D eigenvalue weighted by Gasteiger charge is -2.29. The van der Waals surface area contributed by atoms with Crippen LogP contribution in [0.2, 0.25) is 0 Å². The Morgan fingerprint density at radius 3 is 2.67 bits per heavy atom. The minimum absolute atomic E-state index is 0.592. The number of hydrogen-bond donors (Lipinski definition) is 1. The summed E-state index contributed by atoms with van der Waals surface area (Å²) in [7, 11) is 1.47. The van der Waals surface area contributed by atoms with Crippen molar-refractivity contribution < 1.29 is 0 Å². The van der Waals surface area contributed by atoms with Crippen LogP contribution in [0.3, 0.4) is 0 Å². The number of rotatable bonds is 2. The molecule has 2 heterocycles. The number of anilines is 2. The van der Waals surface area contributed by atoms with Gasteiger partial charge in [-0.15, -0.1) is 0 Å². The largest absolute Gasteiger partial charge is 0.758 e. The van der Waals surface area contributed by atoms with Gasteiger partial charge in [0.25, 0.3) is 0 Å². The zero-order chi connectivity index (χ0) is 10.7. The van der Waals surface area contributed by atoms with Crippen molar-refractivity contribution in [2.75, 3.05) is 43.2 Å². The highest BCUT2D eigenvalue weighted by Crippen LogP contribution is 2.16.